The van der Waals surface area contributed by atoms with E-state index in [9.17, 15) is 23.2 Å². The second-order valence-electron chi connectivity index (χ2n) is 7.48. The maximum Gasteiger partial charge on any atom is 0.262 e. The Balaban J connectivity index is 2.26. The number of sulfonamides is 1. The summed E-state index contributed by atoms with van der Waals surface area (Å²) in [5.74, 6) is -1.54. The molecule has 9 nitrogen and oxygen atoms in total. The standard InChI is InChI=1S/C22H29N3O6S/c1-16(2)21(22(27)24-28)25(32(29,30)19-11-9-18(31-3)10-12-19)15-20(26)23-14-13-17-7-5-4-6-8-17/h4-12,16,21,28H,13-15H2,1-3H3,(H,23,26)(H,24,27). The van der Waals surface area contributed by atoms with Crippen molar-refractivity contribution in [2.24, 2.45) is 5.92 Å². The van der Waals surface area contributed by atoms with Gasteiger partial charge in [0, 0.05) is 6.54 Å². The molecule has 0 aliphatic heterocycles. The molecule has 1 atom stereocenters. The molecule has 0 saturated heterocycles. The van der Waals surface area contributed by atoms with Gasteiger partial charge in [-0.05, 0) is 42.2 Å². The smallest absolute Gasteiger partial charge is 0.262 e. The number of nitrogens with one attached hydrogen (secondary N) is 2. The van der Waals surface area contributed by atoms with Crippen molar-refractivity contribution in [3.05, 3.63) is 60.2 Å². The first-order chi connectivity index (χ1) is 15.2. The Hall–Kier alpha value is -2.95. The first-order valence-electron chi connectivity index (χ1n) is 10.1. The highest BCUT2D eigenvalue weighted by molar-refractivity contribution is 7.89. The lowest BCUT2D eigenvalue weighted by Crippen LogP contribution is -2.54. The summed E-state index contributed by atoms with van der Waals surface area (Å²) in [6, 6.07) is 13.8. The molecular formula is C22H29N3O6S. The first-order valence-corrected chi connectivity index (χ1v) is 11.5. The summed E-state index contributed by atoms with van der Waals surface area (Å²) in [7, 11) is -2.80. The summed E-state index contributed by atoms with van der Waals surface area (Å²) in [5, 5.41) is 11.9. The molecule has 0 radical (unpaired) electrons. The highest BCUT2D eigenvalue weighted by Crippen LogP contribution is 2.24. The van der Waals surface area contributed by atoms with Crippen LogP contribution in [0.5, 0.6) is 5.75 Å². The van der Waals surface area contributed by atoms with Crippen molar-refractivity contribution < 1.29 is 28.0 Å². The van der Waals surface area contributed by atoms with Crippen LogP contribution in [0.3, 0.4) is 0 Å². The fourth-order valence-corrected chi connectivity index (χ4v) is 4.91. The number of amides is 2. The zero-order valence-corrected chi connectivity index (χ0v) is 19.1. The van der Waals surface area contributed by atoms with Crippen LogP contribution in [0.4, 0.5) is 0 Å². The third-order valence-electron chi connectivity index (χ3n) is 4.86. The van der Waals surface area contributed by atoms with Gasteiger partial charge in [0.1, 0.15) is 11.8 Å². The molecule has 1 unspecified atom stereocenters. The summed E-state index contributed by atoms with van der Waals surface area (Å²) >= 11 is 0. The number of carbonyl (C=O) groups is 2. The molecule has 0 aliphatic carbocycles. The minimum absolute atomic E-state index is 0.105. The molecule has 2 aromatic carbocycles. The number of hydroxylamine groups is 1. The van der Waals surface area contributed by atoms with E-state index in [4.69, 9.17) is 4.74 Å². The lowest BCUT2D eigenvalue weighted by atomic mass is 10.0. The average molecular weight is 464 g/mol. The van der Waals surface area contributed by atoms with Crippen molar-refractivity contribution >= 4 is 21.8 Å². The third kappa shape index (κ3) is 6.52. The van der Waals surface area contributed by atoms with E-state index in [2.05, 4.69) is 5.32 Å². The number of carbonyl (C=O) groups excluding carboxylic acids is 2. The molecule has 0 spiro atoms. The lowest BCUT2D eigenvalue weighted by Gasteiger charge is -2.31. The number of methoxy groups -OCH3 is 1. The van der Waals surface area contributed by atoms with Crippen LogP contribution in [-0.2, 0) is 26.0 Å². The molecule has 0 aromatic heterocycles. The molecule has 0 heterocycles. The van der Waals surface area contributed by atoms with Crippen LogP contribution in [-0.4, -0.2) is 56.0 Å². The summed E-state index contributed by atoms with van der Waals surface area (Å²) in [6.07, 6.45) is 0.572. The van der Waals surface area contributed by atoms with Gasteiger partial charge in [-0.3, -0.25) is 14.8 Å². The summed E-state index contributed by atoms with van der Waals surface area (Å²) in [4.78, 5) is 24.9. The van der Waals surface area contributed by atoms with E-state index in [0.717, 1.165) is 9.87 Å². The van der Waals surface area contributed by atoms with E-state index in [-0.39, 0.29) is 4.90 Å². The van der Waals surface area contributed by atoms with Crippen LogP contribution in [0.1, 0.15) is 19.4 Å². The SMILES string of the molecule is COc1ccc(S(=O)(=O)N(CC(=O)NCCc2ccccc2)C(C(=O)NO)C(C)C)cc1. The molecule has 2 aromatic rings. The fourth-order valence-electron chi connectivity index (χ4n) is 3.24. The van der Waals surface area contributed by atoms with Gasteiger partial charge in [-0.15, -0.1) is 0 Å². The van der Waals surface area contributed by atoms with Gasteiger partial charge in [0.15, 0.2) is 0 Å². The zero-order chi connectivity index (χ0) is 23.7. The fraction of sp³-hybridized carbons (Fsp3) is 0.364. The Morgan fingerprint density at radius 1 is 1.06 bits per heavy atom. The van der Waals surface area contributed by atoms with E-state index >= 15 is 0 Å². The Kier molecular flexibility index (Phi) is 9.18. The molecule has 32 heavy (non-hydrogen) atoms. The zero-order valence-electron chi connectivity index (χ0n) is 18.3. The predicted molar refractivity (Wildman–Crippen MR) is 119 cm³/mol. The van der Waals surface area contributed by atoms with Crippen molar-refractivity contribution in [3.63, 3.8) is 0 Å². The summed E-state index contributed by atoms with van der Waals surface area (Å²) in [5.41, 5.74) is 2.53. The van der Waals surface area contributed by atoms with E-state index in [0.29, 0.717) is 18.7 Å². The number of ether oxygens (including phenoxy) is 1. The maximum atomic E-state index is 13.4. The molecule has 2 rings (SSSR count). The quantitative estimate of drug-likeness (QED) is 0.343. The molecule has 0 fully saturated rings. The van der Waals surface area contributed by atoms with Crippen molar-refractivity contribution in [2.75, 3.05) is 20.2 Å². The molecule has 3 N–H and O–H groups in total. The van der Waals surface area contributed by atoms with Gasteiger partial charge < -0.3 is 10.1 Å². The Bertz CT molecular complexity index is 994. The van der Waals surface area contributed by atoms with Crippen LogP contribution >= 0.6 is 0 Å². The molecule has 0 aliphatic rings. The highest BCUT2D eigenvalue weighted by Gasteiger charge is 2.39. The van der Waals surface area contributed by atoms with Crippen LogP contribution in [0.15, 0.2) is 59.5 Å². The minimum atomic E-state index is -4.25. The average Bonchev–Trinajstić information content (AvgIpc) is 2.79. The van der Waals surface area contributed by atoms with Gasteiger partial charge in [-0.2, -0.15) is 4.31 Å². The second-order valence-corrected chi connectivity index (χ2v) is 9.37. The molecule has 174 valence electrons. The Labute approximate surface area is 188 Å². The highest BCUT2D eigenvalue weighted by atomic mass is 32.2. The molecular weight excluding hydrogens is 434 g/mol. The van der Waals surface area contributed by atoms with Crippen molar-refractivity contribution in [1.29, 1.82) is 0 Å². The van der Waals surface area contributed by atoms with Crippen LogP contribution in [0, 0.1) is 5.92 Å². The third-order valence-corrected chi connectivity index (χ3v) is 6.71. The Morgan fingerprint density at radius 3 is 2.22 bits per heavy atom. The number of hydrogen-bond donors (Lipinski definition) is 3. The van der Waals surface area contributed by atoms with E-state index in [1.165, 1.54) is 36.9 Å². The monoisotopic (exact) mass is 463 g/mol. The lowest BCUT2D eigenvalue weighted by molar-refractivity contribution is -0.135. The normalized spacial score (nSPS) is 12.4. The minimum Gasteiger partial charge on any atom is -0.497 e. The maximum absolute atomic E-state index is 13.4. The van der Waals surface area contributed by atoms with Gasteiger partial charge in [0.25, 0.3) is 5.91 Å². The molecule has 2 amide bonds. The van der Waals surface area contributed by atoms with Gasteiger partial charge in [0.2, 0.25) is 15.9 Å². The number of benzene rings is 2. The number of rotatable bonds is 11. The second kappa shape index (κ2) is 11.6. The summed E-state index contributed by atoms with van der Waals surface area (Å²) in [6.45, 7) is 2.98. The van der Waals surface area contributed by atoms with Gasteiger partial charge in [-0.25, -0.2) is 13.9 Å². The van der Waals surface area contributed by atoms with Crippen LogP contribution in [0.25, 0.3) is 0 Å². The predicted octanol–water partition coefficient (Wildman–Crippen LogP) is 1.57. The number of nitrogens with zero attached hydrogens (tertiary/aromatic N) is 1. The van der Waals surface area contributed by atoms with Gasteiger partial charge >= 0.3 is 0 Å². The molecule has 0 saturated carbocycles. The largest absolute Gasteiger partial charge is 0.497 e. The van der Waals surface area contributed by atoms with E-state index in [1.54, 1.807) is 13.8 Å². The molecule has 10 heteroatoms. The topological polar surface area (TPSA) is 125 Å². The van der Waals surface area contributed by atoms with Crippen molar-refractivity contribution in [2.45, 2.75) is 31.2 Å². The van der Waals surface area contributed by atoms with Crippen molar-refractivity contribution in [3.8, 4) is 5.75 Å². The van der Waals surface area contributed by atoms with Crippen molar-refractivity contribution in [1.82, 2.24) is 15.1 Å². The summed E-state index contributed by atoms with van der Waals surface area (Å²) < 4.78 is 32.6. The first kappa shape index (κ1) is 25.3. The van der Waals surface area contributed by atoms with Gasteiger partial charge in [0.05, 0.1) is 18.6 Å². The van der Waals surface area contributed by atoms with Crippen LogP contribution in [0.2, 0.25) is 0 Å². The van der Waals surface area contributed by atoms with Gasteiger partial charge in [-0.1, -0.05) is 44.2 Å². The number of hydrogen-bond acceptors (Lipinski definition) is 6. The van der Waals surface area contributed by atoms with E-state index < -0.39 is 40.3 Å². The Morgan fingerprint density at radius 2 is 1.69 bits per heavy atom. The van der Waals surface area contributed by atoms with E-state index in [1.807, 2.05) is 30.3 Å². The molecule has 0 bridgehead atoms. The van der Waals surface area contributed by atoms with Crippen LogP contribution < -0.4 is 15.5 Å².